The molecule has 0 bridgehead atoms. The van der Waals surface area contributed by atoms with Gasteiger partial charge in [0, 0.05) is 12.1 Å². The van der Waals surface area contributed by atoms with Crippen LogP contribution in [-0.4, -0.2) is 24.8 Å². The van der Waals surface area contributed by atoms with E-state index in [2.05, 4.69) is 39.9 Å². The minimum Gasteiger partial charge on any atom is -0.375 e. The van der Waals surface area contributed by atoms with E-state index in [4.69, 9.17) is 4.74 Å². The Labute approximate surface area is 94.8 Å². The van der Waals surface area contributed by atoms with Gasteiger partial charge >= 0.3 is 0 Å². The molecule has 1 aliphatic rings. The van der Waals surface area contributed by atoms with E-state index in [0.29, 0.717) is 24.1 Å². The Kier molecular flexibility index (Phi) is 5.07. The van der Waals surface area contributed by atoms with Gasteiger partial charge in [-0.1, -0.05) is 34.6 Å². The molecule has 0 aromatic rings. The molecule has 1 saturated heterocycles. The fraction of sp³-hybridized carbons (Fsp3) is 1.00. The number of nitrogens with one attached hydrogen (secondary N) is 1. The van der Waals surface area contributed by atoms with Crippen molar-refractivity contribution in [1.82, 2.24) is 5.32 Å². The standard InChI is InChI=1S/C13H27NO/c1-6-11-8-15-12(7-9(2)3)13(14-11)10(4)5/h9-14H,6-8H2,1-5H3. The van der Waals surface area contributed by atoms with Crippen LogP contribution in [0.3, 0.4) is 0 Å². The molecule has 0 amide bonds. The van der Waals surface area contributed by atoms with E-state index in [-0.39, 0.29) is 0 Å². The van der Waals surface area contributed by atoms with Gasteiger partial charge in [-0.15, -0.1) is 0 Å². The van der Waals surface area contributed by atoms with Crippen LogP contribution in [0.5, 0.6) is 0 Å². The number of hydrogen-bond acceptors (Lipinski definition) is 2. The molecule has 3 unspecified atom stereocenters. The summed E-state index contributed by atoms with van der Waals surface area (Å²) in [5.74, 6) is 1.37. The Morgan fingerprint density at radius 2 is 1.93 bits per heavy atom. The highest BCUT2D eigenvalue weighted by Gasteiger charge is 2.32. The molecular formula is C13H27NO. The summed E-state index contributed by atoms with van der Waals surface area (Å²) in [4.78, 5) is 0. The Hall–Kier alpha value is -0.0800. The molecule has 1 heterocycles. The summed E-state index contributed by atoms with van der Waals surface area (Å²) in [6, 6.07) is 1.09. The zero-order valence-corrected chi connectivity index (χ0v) is 10.9. The average molecular weight is 213 g/mol. The van der Waals surface area contributed by atoms with E-state index in [9.17, 15) is 0 Å². The van der Waals surface area contributed by atoms with Crippen LogP contribution in [0.4, 0.5) is 0 Å². The first-order valence-electron chi connectivity index (χ1n) is 6.42. The van der Waals surface area contributed by atoms with Gasteiger partial charge in [0.2, 0.25) is 0 Å². The van der Waals surface area contributed by atoms with Gasteiger partial charge in [-0.3, -0.25) is 0 Å². The average Bonchev–Trinajstić information content (AvgIpc) is 2.17. The van der Waals surface area contributed by atoms with Crippen molar-refractivity contribution in [2.45, 2.75) is 65.6 Å². The van der Waals surface area contributed by atoms with E-state index in [0.717, 1.165) is 18.9 Å². The van der Waals surface area contributed by atoms with Crippen LogP contribution in [0.15, 0.2) is 0 Å². The molecular weight excluding hydrogens is 186 g/mol. The molecule has 3 atom stereocenters. The van der Waals surface area contributed by atoms with Crippen molar-refractivity contribution >= 4 is 0 Å². The Bertz CT molecular complexity index is 179. The fourth-order valence-electron chi connectivity index (χ4n) is 2.31. The lowest BCUT2D eigenvalue weighted by Crippen LogP contribution is -2.56. The molecule has 1 N–H and O–H groups in total. The fourth-order valence-corrected chi connectivity index (χ4v) is 2.31. The Morgan fingerprint density at radius 1 is 1.27 bits per heavy atom. The zero-order chi connectivity index (χ0) is 11.4. The third-order valence-corrected chi connectivity index (χ3v) is 3.25. The van der Waals surface area contributed by atoms with Crippen LogP contribution in [-0.2, 0) is 4.74 Å². The lowest BCUT2D eigenvalue weighted by Gasteiger charge is -2.40. The van der Waals surface area contributed by atoms with E-state index in [1.807, 2.05) is 0 Å². The third-order valence-electron chi connectivity index (χ3n) is 3.25. The van der Waals surface area contributed by atoms with Gasteiger partial charge in [-0.25, -0.2) is 0 Å². The summed E-state index contributed by atoms with van der Waals surface area (Å²) in [6.07, 6.45) is 2.75. The SMILES string of the molecule is CCC1COC(CC(C)C)C(C(C)C)N1. The molecule has 0 aliphatic carbocycles. The molecule has 0 saturated carbocycles. The Morgan fingerprint density at radius 3 is 2.40 bits per heavy atom. The first kappa shape index (κ1) is 13.0. The van der Waals surface area contributed by atoms with Gasteiger partial charge in [-0.05, 0) is 24.7 Å². The maximum atomic E-state index is 6.00. The Balaban J connectivity index is 2.55. The quantitative estimate of drug-likeness (QED) is 0.775. The second-order valence-electron chi connectivity index (χ2n) is 5.54. The highest BCUT2D eigenvalue weighted by Crippen LogP contribution is 2.22. The number of morpholine rings is 1. The van der Waals surface area contributed by atoms with E-state index >= 15 is 0 Å². The normalized spacial score (nSPS) is 32.6. The van der Waals surface area contributed by atoms with Gasteiger partial charge in [0.25, 0.3) is 0 Å². The van der Waals surface area contributed by atoms with Gasteiger partial charge < -0.3 is 10.1 Å². The van der Waals surface area contributed by atoms with E-state index in [1.54, 1.807) is 0 Å². The molecule has 1 fully saturated rings. The van der Waals surface area contributed by atoms with Crippen LogP contribution in [0.1, 0.15) is 47.5 Å². The summed E-state index contributed by atoms with van der Waals surface area (Å²) in [7, 11) is 0. The van der Waals surface area contributed by atoms with E-state index < -0.39 is 0 Å². The molecule has 0 aromatic heterocycles. The number of ether oxygens (including phenoxy) is 1. The first-order valence-corrected chi connectivity index (χ1v) is 6.42. The number of rotatable bonds is 4. The third kappa shape index (κ3) is 3.76. The highest BCUT2D eigenvalue weighted by atomic mass is 16.5. The molecule has 90 valence electrons. The minimum absolute atomic E-state index is 0.410. The van der Waals surface area contributed by atoms with Crippen LogP contribution < -0.4 is 5.32 Å². The number of hydrogen-bond donors (Lipinski definition) is 1. The largest absolute Gasteiger partial charge is 0.375 e. The molecule has 15 heavy (non-hydrogen) atoms. The van der Waals surface area contributed by atoms with Crippen LogP contribution in [0, 0.1) is 11.8 Å². The van der Waals surface area contributed by atoms with Gasteiger partial charge in [0.05, 0.1) is 12.7 Å². The topological polar surface area (TPSA) is 21.3 Å². The second-order valence-corrected chi connectivity index (χ2v) is 5.54. The molecule has 2 heteroatoms. The van der Waals surface area contributed by atoms with Crippen molar-refractivity contribution in [1.29, 1.82) is 0 Å². The summed E-state index contributed by atoms with van der Waals surface area (Å²) in [5.41, 5.74) is 0. The van der Waals surface area contributed by atoms with Crippen LogP contribution in [0.2, 0.25) is 0 Å². The summed E-state index contributed by atoms with van der Waals surface area (Å²) < 4.78 is 6.00. The molecule has 1 rings (SSSR count). The zero-order valence-electron chi connectivity index (χ0n) is 10.9. The molecule has 0 aromatic carbocycles. The van der Waals surface area contributed by atoms with Crippen molar-refractivity contribution < 1.29 is 4.74 Å². The summed E-state index contributed by atoms with van der Waals surface area (Å²) in [5, 5.41) is 3.73. The maximum Gasteiger partial charge on any atom is 0.0733 e. The van der Waals surface area contributed by atoms with Crippen LogP contribution in [0.25, 0.3) is 0 Å². The van der Waals surface area contributed by atoms with Crippen molar-refractivity contribution in [3.05, 3.63) is 0 Å². The van der Waals surface area contributed by atoms with Crippen molar-refractivity contribution in [3.8, 4) is 0 Å². The van der Waals surface area contributed by atoms with Crippen molar-refractivity contribution in [2.75, 3.05) is 6.61 Å². The summed E-state index contributed by atoms with van der Waals surface area (Å²) >= 11 is 0. The minimum atomic E-state index is 0.410. The molecule has 1 aliphatic heterocycles. The highest BCUT2D eigenvalue weighted by molar-refractivity contribution is 4.88. The van der Waals surface area contributed by atoms with E-state index in [1.165, 1.54) is 6.42 Å². The van der Waals surface area contributed by atoms with Gasteiger partial charge in [0.1, 0.15) is 0 Å². The van der Waals surface area contributed by atoms with Gasteiger partial charge in [-0.2, -0.15) is 0 Å². The first-order chi connectivity index (χ1) is 7.04. The predicted molar refractivity (Wildman–Crippen MR) is 65.0 cm³/mol. The lowest BCUT2D eigenvalue weighted by molar-refractivity contribution is -0.0495. The lowest BCUT2D eigenvalue weighted by atomic mass is 9.90. The van der Waals surface area contributed by atoms with Crippen molar-refractivity contribution in [2.24, 2.45) is 11.8 Å². The molecule has 0 radical (unpaired) electrons. The predicted octanol–water partition coefficient (Wildman–Crippen LogP) is 2.82. The molecule has 0 spiro atoms. The smallest absolute Gasteiger partial charge is 0.0733 e. The molecule has 2 nitrogen and oxygen atoms in total. The monoisotopic (exact) mass is 213 g/mol. The second kappa shape index (κ2) is 5.86. The van der Waals surface area contributed by atoms with Gasteiger partial charge in [0.15, 0.2) is 0 Å². The maximum absolute atomic E-state index is 6.00. The van der Waals surface area contributed by atoms with Crippen molar-refractivity contribution in [3.63, 3.8) is 0 Å². The summed E-state index contributed by atoms with van der Waals surface area (Å²) in [6.45, 7) is 12.2. The van der Waals surface area contributed by atoms with Crippen LogP contribution >= 0.6 is 0 Å².